The molecular weight excluding hydrogens is 434 g/mol. The number of halogens is 5. The number of benzene rings is 2. The van der Waals surface area contributed by atoms with Crippen molar-refractivity contribution in [1.82, 2.24) is 0 Å². The summed E-state index contributed by atoms with van der Waals surface area (Å²) >= 11 is 23.7. The van der Waals surface area contributed by atoms with E-state index in [2.05, 4.69) is 44.0 Å². The zero-order valence-electron chi connectivity index (χ0n) is 9.85. The number of hydrogen-bond donors (Lipinski definition) is 0. The van der Waals surface area contributed by atoms with E-state index in [-0.39, 0.29) is 0 Å². The summed E-state index contributed by atoms with van der Waals surface area (Å²) in [6.07, 6.45) is 0. The topological polar surface area (TPSA) is 0 Å². The quantitative estimate of drug-likeness (QED) is 0.434. The van der Waals surface area contributed by atoms with Gasteiger partial charge in [-0.05, 0) is 35.4 Å². The first-order valence-electron chi connectivity index (χ1n) is 5.37. The van der Waals surface area contributed by atoms with Crippen molar-refractivity contribution in [2.75, 3.05) is 0 Å². The van der Waals surface area contributed by atoms with Crippen LogP contribution >= 0.6 is 66.7 Å². The number of hydrogen-bond acceptors (Lipinski definition) is 0. The largest absolute Gasteiger partial charge is 0.122 e. The fourth-order valence-electron chi connectivity index (χ4n) is 1.24. The van der Waals surface area contributed by atoms with Crippen molar-refractivity contribution in [3.8, 4) is 0 Å². The van der Waals surface area contributed by atoms with Crippen LogP contribution in [0, 0.1) is 0 Å². The summed E-state index contributed by atoms with van der Waals surface area (Å²) in [7, 11) is 0. The van der Waals surface area contributed by atoms with E-state index in [1.54, 1.807) is 12.1 Å². The summed E-state index contributed by atoms with van der Waals surface area (Å²) in [5, 5.41) is 2.04. The lowest BCUT2D eigenvalue weighted by Crippen LogP contribution is -1.76. The molecule has 2 aromatic rings. The van der Waals surface area contributed by atoms with E-state index >= 15 is 0 Å². The second kappa shape index (κ2) is 9.25. The van der Waals surface area contributed by atoms with Gasteiger partial charge in [0.15, 0.2) is 0 Å². The smallest absolute Gasteiger partial charge is 0.0595 e. The fourth-order valence-corrected chi connectivity index (χ4v) is 2.53. The van der Waals surface area contributed by atoms with Crippen LogP contribution in [0.15, 0.2) is 46.9 Å². The highest BCUT2D eigenvalue weighted by molar-refractivity contribution is 9.10. The summed E-state index contributed by atoms with van der Waals surface area (Å²) in [6, 6.07) is 13.6. The first kappa shape index (κ1) is 17.3. The maximum atomic E-state index is 5.70. The van der Waals surface area contributed by atoms with E-state index in [4.69, 9.17) is 34.8 Å². The monoisotopic (exact) mass is 442 g/mol. The van der Waals surface area contributed by atoms with E-state index in [0.29, 0.717) is 15.9 Å². The minimum absolute atomic E-state index is 0.469. The lowest BCUT2D eigenvalue weighted by Gasteiger charge is -1.96. The Balaban J connectivity index is 0.000000191. The van der Waals surface area contributed by atoms with Gasteiger partial charge in [-0.15, -0.1) is 11.6 Å². The minimum Gasteiger partial charge on any atom is -0.122 e. The van der Waals surface area contributed by atoms with Crippen LogP contribution in [0.4, 0.5) is 0 Å². The average molecular weight is 445 g/mol. The van der Waals surface area contributed by atoms with Gasteiger partial charge in [0, 0.05) is 15.7 Å². The lowest BCUT2D eigenvalue weighted by molar-refractivity contribution is 1.40. The minimum atomic E-state index is 0.469. The van der Waals surface area contributed by atoms with Gasteiger partial charge in [0.05, 0.1) is 10.0 Å². The zero-order valence-corrected chi connectivity index (χ0v) is 15.3. The molecule has 2 rings (SSSR count). The molecule has 2 aromatic carbocycles. The Morgan fingerprint density at radius 2 is 1.63 bits per heavy atom. The molecule has 19 heavy (non-hydrogen) atoms. The summed E-state index contributed by atoms with van der Waals surface area (Å²) in [6.45, 7) is 0. The van der Waals surface area contributed by atoms with Crippen LogP contribution in [-0.2, 0) is 11.2 Å². The van der Waals surface area contributed by atoms with Gasteiger partial charge in [-0.3, -0.25) is 0 Å². The summed E-state index contributed by atoms with van der Waals surface area (Å²) in [5.74, 6) is 0.469. The van der Waals surface area contributed by atoms with Gasteiger partial charge < -0.3 is 0 Å². The normalized spacial score (nSPS) is 9.74. The second-order valence-electron chi connectivity index (χ2n) is 3.65. The van der Waals surface area contributed by atoms with E-state index in [1.165, 1.54) is 5.56 Å². The van der Waals surface area contributed by atoms with Gasteiger partial charge in [-0.25, -0.2) is 0 Å². The van der Waals surface area contributed by atoms with Crippen molar-refractivity contribution < 1.29 is 0 Å². The Kier molecular flexibility index (Phi) is 8.43. The molecule has 5 heteroatoms. The Bertz CT molecular complexity index is 530. The van der Waals surface area contributed by atoms with Crippen molar-refractivity contribution in [1.29, 1.82) is 0 Å². The molecule has 0 aromatic heterocycles. The Labute approximate surface area is 145 Å². The van der Waals surface area contributed by atoms with Gasteiger partial charge in [0.2, 0.25) is 0 Å². The molecule has 0 fully saturated rings. The Hall–Kier alpha value is 0.270. The third-order valence-corrected chi connectivity index (χ3v) is 4.37. The van der Waals surface area contributed by atoms with Crippen LogP contribution in [0.25, 0.3) is 0 Å². The maximum absolute atomic E-state index is 5.70. The van der Waals surface area contributed by atoms with E-state index in [9.17, 15) is 0 Å². The van der Waals surface area contributed by atoms with Gasteiger partial charge in [-0.2, -0.15) is 0 Å². The van der Waals surface area contributed by atoms with E-state index in [1.807, 2.05) is 18.2 Å². The summed E-state index contributed by atoms with van der Waals surface area (Å²) in [4.78, 5) is 0. The molecule has 0 spiro atoms. The van der Waals surface area contributed by atoms with Gasteiger partial charge in [0.1, 0.15) is 0 Å². The third-order valence-electron chi connectivity index (χ3n) is 2.18. The van der Waals surface area contributed by atoms with Crippen LogP contribution in [0.3, 0.4) is 0 Å². The summed E-state index contributed by atoms with van der Waals surface area (Å²) < 4.78 is 1.14. The second-order valence-corrected chi connectivity index (χ2v) is 6.20. The van der Waals surface area contributed by atoms with Crippen LogP contribution in [0.5, 0.6) is 0 Å². The molecule has 0 bridgehead atoms. The van der Waals surface area contributed by atoms with Crippen molar-refractivity contribution in [3.05, 3.63) is 68.1 Å². The highest BCUT2D eigenvalue weighted by Gasteiger charge is 1.96. The highest BCUT2D eigenvalue weighted by atomic mass is 79.9. The van der Waals surface area contributed by atoms with Crippen molar-refractivity contribution in [2.45, 2.75) is 11.2 Å². The van der Waals surface area contributed by atoms with Gasteiger partial charge >= 0.3 is 0 Å². The molecule has 0 aliphatic rings. The van der Waals surface area contributed by atoms with Crippen molar-refractivity contribution in [3.63, 3.8) is 0 Å². The third kappa shape index (κ3) is 6.50. The first-order valence-corrected chi connectivity index (χ1v) is 8.57. The van der Waals surface area contributed by atoms with Crippen LogP contribution in [0.2, 0.25) is 10.0 Å². The molecule has 0 heterocycles. The number of alkyl halides is 2. The number of rotatable bonds is 2. The highest BCUT2D eigenvalue weighted by Crippen LogP contribution is 2.23. The average Bonchev–Trinajstić information content (AvgIpc) is 2.42. The first-order chi connectivity index (χ1) is 9.06. The van der Waals surface area contributed by atoms with Crippen molar-refractivity contribution in [2.24, 2.45) is 0 Å². The predicted octanol–water partition coefficient (Wildman–Crippen LogP) is 7.08. The zero-order chi connectivity index (χ0) is 14.3. The van der Waals surface area contributed by atoms with Gasteiger partial charge in [0.25, 0.3) is 0 Å². The molecule has 0 N–H and O–H groups in total. The molecule has 0 nitrogen and oxygen atoms in total. The fraction of sp³-hybridized carbons (Fsp3) is 0.143. The van der Waals surface area contributed by atoms with Gasteiger partial charge in [-0.1, -0.05) is 73.3 Å². The molecule has 102 valence electrons. The molecule has 0 saturated heterocycles. The van der Waals surface area contributed by atoms with Crippen molar-refractivity contribution >= 4 is 66.7 Å². The van der Waals surface area contributed by atoms with Crippen LogP contribution in [0.1, 0.15) is 11.1 Å². The van der Waals surface area contributed by atoms with Crippen LogP contribution < -0.4 is 0 Å². The summed E-state index contributed by atoms with van der Waals surface area (Å²) in [5.41, 5.74) is 2.28. The SMILES string of the molecule is BrCc1cccc(Br)c1.ClCc1ccc(Cl)c(Cl)c1. The Morgan fingerprint density at radius 1 is 0.895 bits per heavy atom. The Morgan fingerprint density at radius 3 is 2.11 bits per heavy atom. The molecule has 0 saturated carbocycles. The predicted molar refractivity (Wildman–Crippen MR) is 92.8 cm³/mol. The molecule has 0 unspecified atom stereocenters. The standard InChI is InChI=1S/C7H6Br2.C7H5Cl3/c8-5-6-2-1-3-7(9)4-6;8-4-5-1-2-6(9)7(10)3-5/h1-4H,5H2;1-3H,4H2. The molecule has 0 aliphatic carbocycles. The molecule has 0 amide bonds. The molecule has 0 aliphatic heterocycles. The molecule has 0 radical (unpaired) electrons. The van der Waals surface area contributed by atoms with E-state index in [0.717, 1.165) is 15.4 Å². The molecular formula is C14H11Br2Cl3. The van der Waals surface area contributed by atoms with E-state index < -0.39 is 0 Å². The van der Waals surface area contributed by atoms with Crippen LogP contribution in [-0.4, -0.2) is 0 Å². The maximum Gasteiger partial charge on any atom is 0.0595 e. The molecule has 0 atom stereocenters. The lowest BCUT2D eigenvalue weighted by atomic mass is 10.2.